The molecule has 0 atom stereocenters. The maximum Gasteiger partial charge on any atom is 0.0482 e. The number of rotatable bonds is 21. The van der Waals surface area contributed by atoms with E-state index in [-0.39, 0.29) is 0 Å². The van der Waals surface area contributed by atoms with Gasteiger partial charge in [0.1, 0.15) is 0 Å². The van der Waals surface area contributed by atoms with E-state index in [0.29, 0.717) is 0 Å². The van der Waals surface area contributed by atoms with Gasteiger partial charge in [-0.05, 0) is 285 Å². The highest BCUT2D eigenvalue weighted by molar-refractivity contribution is 7.26. The van der Waals surface area contributed by atoms with Gasteiger partial charge >= 0.3 is 0 Å². The number of hydrogen-bond donors (Lipinski definition) is 0. The minimum absolute atomic E-state index is 1.07. The fourth-order valence-corrected chi connectivity index (χ4v) is 20.4. The Balaban J connectivity index is 0.000000153. The summed E-state index contributed by atoms with van der Waals surface area (Å²) < 4.78 is 5.03. The highest BCUT2D eigenvalue weighted by Gasteiger charge is 2.24. The first-order valence-electron chi connectivity index (χ1n) is 44.1. The van der Waals surface area contributed by atoms with E-state index in [4.69, 9.17) is 0 Å². The lowest BCUT2D eigenvalue weighted by Gasteiger charge is -2.29. The van der Waals surface area contributed by atoms with Crippen LogP contribution in [0.15, 0.2) is 522 Å². The molecule has 0 fully saturated rings. The number of anilines is 18. The second-order valence-corrected chi connectivity index (χ2v) is 34.6. The highest BCUT2D eigenvalue weighted by Crippen LogP contribution is 2.49. The molecule has 0 amide bonds. The standard InChI is InChI=1S/C62H43N3S.C60H43N3S/c1-4-21-50(22-5-1)63(56-33-30-44-16-10-12-18-46(44)38-56)53-27-14-20-48(40-53)49-32-37-61-60(41-49)59-36-35-58(43-62(59)66-61)65(52-25-8-3-9-26-52)55-29-15-28-54(42-55)64(51-23-6-2-7-24-51)57-34-31-45-17-11-13-19-47(45)39-57;1-6-18-44(19-7-1)45-32-35-52(36-33-45)63(55-31-17-30-54(42-55)62(50-25-12-4-13-26-50)51-27-14-5-15-28-51)56-37-38-57-58-41-47(34-39-59(58)64-60(57)43-56)46-20-16-29-53(40-46)61(48-21-8-2-9-22-48)49-23-10-3-11-24-49/h1-43H;1-43H. The first-order chi connectivity index (χ1) is 64.4. The first kappa shape index (κ1) is 79.3. The quantitative estimate of drug-likeness (QED) is 0.0709. The van der Waals surface area contributed by atoms with Gasteiger partial charge in [-0.1, -0.05) is 291 Å². The van der Waals surface area contributed by atoms with E-state index in [2.05, 4.69) is 551 Å². The van der Waals surface area contributed by atoms with E-state index < -0.39 is 0 Å². The molecule has 0 N–H and O–H groups in total. The Morgan fingerprint density at radius 1 is 0.108 bits per heavy atom. The van der Waals surface area contributed by atoms with Gasteiger partial charge in [0.2, 0.25) is 0 Å². The molecule has 130 heavy (non-hydrogen) atoms. The zero-order valence-corrected chi connectivity index (χ0v) is 72.8. The van der Waals surface area contributed by atoms with Crippen LogP contribution < -0.4 is 29.4 Å². The van der Waals surface area contributed by atoms with Crippen LogP contribution in [-0.2, 0) is 0 Å². The van der Waals surface area contributed by atoms with Crippen LogP contribution in [0.25, 0.3) is 95.3 Å². The zero-order chi connectivity index (χ0) is 86.5. The number of fused-ring (bicyclic) bond motifs is 8. The molecule has 0 radical (unpaired) electrons. The summed E-state index contributed by atoms with van der Waals surface area (Å²) in [4.78, 5) is 14.1. The van der Waals surface area contributed by atoms with Gasteiger partial charge in [0.25, 0.3) is 0 Å². The molecular formula is C122H86N6S2. The predicted molar refractivity (Wildman–Crippen MR) is 558 cm³/mol. The summed E-state index contributed by atoms with van der Waals surface area (Å²) in [5, 5.41) is 9.93. The lowest BCUT2D eigenvalue weighted by atomic mass is 10.0. The summed E-state index contributed by atoms with van der Waals surface area (Å²) >= 11 is 3.70. The van der Waals surface area contributed by atoms with E-state index in [0.717, 1.165) is 102 Å². The maximum absolute atomic E-state index is 2.39. The fraction of sp³-hybridized carbons (Fsp3) is 0. The van der Waals surface area contributed by atoms with Crippen LogP contribution >= 0.6 is 22.7 Å². The van der Waals surface area contributed by atoms with Gasteiger partial charge < -0.3 is 29.4 Å². The molecule has 23 rings (SSSR count). The molecule has 6 nitrogen and oxygen atoms in total. The van der Waals surface area contributed by atoms with Crippen molar-refractivity contribution in [1.82, 2.24) is 0 Å². The molecule has 8 heteroatoms. The molecule has 0 aliphatic rings. The smallest absolute Gasteiger partial charge is 0.0482 e. The summed E-state index contributed by atoms with van der Waals surface area (Å²) in [7, 11) is 0. The topological polar surface area (TPSA) is 19.4 Å². The van der Waals surface area contributed by atoms with Crippen molar-refractivity contribution < 1.29 is 0 Å². The second-order valence-electron chi connectivity index (χ2n) is 32.5. The molecule has 2 aromatic heterocycles. The Morgan fingerprint density at radius 2 is 0.323 bits per heavy atom. The number of thiophene rings is 2. The van der Waals surface area contributed by atoms with E-state index in [1.54, 1.807) is 0 Å². The molecule has 0 spiro atoms. The third kappa shape index (κ3) is 16.2. The van der Waals surface area contributed by atoms with Crippen LogP contribution in [0.2, 0.25) is 0 Å². The normalized spacial score (nSPS) is 11.2. The molecule has 0 saturated carbocycles. The molecule has 616 valence electrons. The van der Waals surface area contributed by atoms with E-state index in [1.807, 2.05) is 22.7 Å². The lowest BCUT2D eigenvalue weighted by molar-refractivity contribution is 1.25. The van der Waals surface area contributed by atoms with E-state index >= 15 is 0 Å². The summed E-state index contributed by atoms with van der Waals surface area (Å²) in [5.41, 5.74) is 27.0. The largest absolute Gasteiger partial charge is 0.310 e. The van der Waals surface area contributed by atoms with Crippen molar-refractivity contribution in [1.29, 1.82) is 0 Å². The van der Waals surface area contributed by atoms with Crippen molar-refractivity contribution in [2.24, 2.45) is 0 Å². The fourth-order valence-electron chi connectivity index (χ4n) is 18.1. The highest BCUT2D eigenvalue weighted by atomic mass is 32.1. The minimum Gasteiger partial charge on any atom is -0.310 e. The van der Waals surface area contributed by atoms with Crippen LogP contribution in [0.1, 0.15) is 0 Å². The summed E-state index contributed by atoms with van der Waals surface area (Å²) in [5.74, 6) is 0. The van der Waals surface area contributed by atoms with Gasteiger partial charge in [0.05, 0.1) is 0 Å². The van der Waals surface area contributed by atoms with Crippen LogP contribution in [-0.4, -0.2) is 0 Å². The molecule has 0 aliphatic heterocycles. The van der Waals surface area contributed by atoms with Gasteiger partial charge in [-0.3, -0.25) is 0 Å². The molecule has 2 heterocycles. The van der Waals surface area contributed by atoms with E-state index in [1.165, 1.54) is 95.3 Å². The van der Waals surface area contributed by atoms with Crippen molar-refractivity contribution in [3.05, 3.63) is 522 Å². The molecule has 0 saturated heterocycles. The van der Waals surface area contributed by atoms with Gasteiger partial charge in [-0.25, -0.2) is 0 Å². The average Bonchev–Trinajstić information content (AvgIpc) is 1.61. The SMILES string of the molecule is c1ccc(-c2ccc(N(c3cccc(N(c4ccccc4)c4ccccc4)c3)c3ccc4c(c3)sc3ccc(-c5cccc(N(c6ccccc6)c6ccccc6)c5)cc34)cc2)cc1.c1ccc(N(c2cccc(-c3ccc4sc5cc(N(c6ccccc6)c6cccc(N(c7ccccc7)c7ccc8ccccc8c7)c6)ccc5c4c3)c2)c2ccc3ccccc3c2)cc1. The molecule has 0 bridgehead atoms. The predicted octanol–water partition coefficient (Wildman–Crippen LogP) is 36.2. The summed E-state index contributed by atoms with van der Waals surface area (Å²) in [6, 6.07) is 188. The Bertz CT molecular complexity index is 7860. The van der Waals surface area contributed by atoms with E-state index in [9.17, 15) is 0 Å². The monoisotopic (exact) mass is 1700 g/mol. The third-order valence-corrected chi connectivity index (χ3v) is 26.6. The molecule has 23 aromatic rings. The lowest BCUT2D eigenvalue weighted by Crippen LogP contribution is -2.13. The number of benzene rings is 21. The molecule has 0 unspecified atom stereocenters. The average molecular weight is 1700 g/mol. The maximum atomic E-state index is 2.39. The van der Waals surface area contributed by atoms with Crippen LogP contribution in [0, 0.1) is 0 Å². The van der Waals surface area contributed by atoms with Gasteiger partial charge in [-0.15, -0.1) is 22.7 Å². The van der Waals surface area contributed by atoms with Crippen LogP contribution in [0.3, 0.4) is 0 Å². The molecular weight excluding hydrogens is 1610 g/mol. The third-order valence-electron chi connectivity index (χ3n) is 24.3. The van der Waals surface area contributed by atoms with Gasteiger partial charge in [-0.2, -0.15) is 0 Å². The van der Waals surface area contributed by atoms with Crippen molar-refractivity contribution in [3.63, 3.8) is 0 Å². The Morgan fingerprint density at radius 3 is 0.662 bits per heavy atom. The minimum atomic E-state index is 1.07. The zero-order valence-electron chi connectivity index (χ0n) is 71.2. The Labute approximate surface area is 765 Å². The van der Waals surface area contributed by atoms with Crippen LogP contribution in [0.5, 0.6) is 0 Å². The van der Waals surface area contributed by atoms with Crippen molar-refractivity contribution in [2.75, 3.05) is 29.4 Å². The van der Waals surface area contributed by atoms with Crippen LogP contribution in [0.4, 0.5) is 102 Å². The van der Waals surface area contributed by atoms with Crippen molar-refractivity contribution in [2.45, 2.75) is 0 Å². The van der Waals surface area contributed by atoms with Crippen molar-refractivity contribution in [3.8, 4) is 33.4 Å². The number of para-hydroxylation sites is 7. The summed E-state index contributed by atoms with van der Waals surface area (Å²) in [6.07, 6.45) is 0. The number of nitrogens with zero attached hydrogens (tertiary/aromatic N) is 6. The Hall–Kier alpha value is -16.6. The second kappa shape index (κ2) is 35.8. The molecule has 21 aromatic carbocycles. The summed E-state index contributed by atoms with van der Waals surface area (Å²) in [6.45, 7) is 0. The van der Waals surface area contributed by atoms with Gasteiger partial charge in [0, 0.05) is 143 Å². The molecule has 0 aliphatic carbocycles. The van der Waals surface area contributed by atoms with Crippen molar-refractivity contribution >= 4 is 187 Å². The number of hydrogen-bond acceptors (Lipinski definition) is 8. The first-order valence-corrected chi connectivity index (χ1v) is 45.7. The van der Waals surface area contributed by atoms with Gasteiger partial charge in [0.15, 0.2) is 0 Å². The Kier molecular flexibility index (Phi) is 21.8.